The second-order valence-electron chi connectivity index (χ2n) is 7.40. The van der Waals surface area contributed by atoms with Crippen molar-refractivity contribution in [2.24, 2.45) is 0 Å². The molecule has 122 valence electrons. The number of carbonyl (C=O) groups excluding carboxylic acids is 2. The van der Waals surface area contributed by atoms with Crippen LogP contribution in [0.15, 0.2) is 0 Å². The first-order chi connectivity index (χ1) is 9.60. The van der Waals surface area contributed by atoms with Gasteiger partial charge in [0.25, 0.3) is 0 Å². The van der Waals surface area contributed by atoms with Crippen molar-refractivity contribution in [2.45, 2.75) is 71.5 Å². The van der Waals surface area contributed by atoms with Crippen LogP contribution in [0.3, 0.4) is 0 Å². The summed E-state index contributed by atoms with van der Waals surface area (Å²) in [5.74, 6) is 0.0818. The molecule has 0 aromatic heterocycles. The van der Waals surface area contributed by atoms with E-state index in [1.807, 2.05) is 32.7 Å². The first kappa shape index (κ1) is 18.0. The van der Waals surface area contributed by atoms with Gasteiger partial charge < -0.3 is 10.2 Å². The zero-order valence-corrected chi connectivity index (χ0v) is 14.4. The van der Waals surface area contributed by atoms with Gasteiger partial charge in [-0.1, -0.05) is 0 Å². The standard InChI is InChI=1S/C16H31N3O2/c1-12-8-7-9-13(2)19(12)15(21)11-18(6)10-14(20)17-16(3,4)5/h12-13H,7-11H2,1-6H3,(H,17,20)/t12-,13-/m0/s1. The zero-order valence-electron chi connectivity index (χ0n) is 14.4. The molecule has 2 atom stereocenters. The Labute approximate surface area is 129 Å². The van der Waals surface area contributed by atoms with Crippen LogP contribution in [-0.4, -0.2) is 59.4 Å². The van der Waals surface area contributed by atoms with Gasteiger partial charge in [0.2, 0.25) is 11.8 Å². The van der Waals surface area contributed by atoms with Crippen LogP contribution < -0.4 is 5.32 Å². The molecule has 0 aromatic carbocycles. The molecule has 0 aliphatic carbocycles. The minimum absolute atomic E-state index is 0.0439. The summed E-state index contributed by atoms with van der Waals surface area (Å²) in [4.78, 5) is 28.1. The number of amides is 2. The van der Waals surface area contributed by atoms with Crippen LogP contribution in [0.4, 0.5) is 0 Å². The Morgan fingerprint density at radius 3 is 2.14 bits per heavy atom. The average molecular weight is 297 g/mol. The molecule has 5 heteroatoms. The molecular weight excluding hydrogens is 266 g/mol. The molecule has 1 heterocycles. The van der Waals surface area contributed by atoms with E-state index in [-0.39, 0.29) is 23.9 Å². The third-order valence-corrected chi connectivity index (χ3v) is 3.81. The van der Waals surface area contributed by atoms with Gasteiger partial charge in [0.05, 0.1) is 13.1 Å². The average Bonchev–Trinajstić information content (AvgIpc) is 2.24. The van der Waals surface area contributed by atoms with Crippen LogP contribution in [0.5, 0.6) is 0 Å². The second-order valence-corrected chi connectivity index (χ2v) is 7.40. The lowest BCUT2D eigenvalue weighted by atomic mass is 9.97. The summed E-state index contributed by atoms with van der Waals surface area (Å²) in [6.07, 6.45) is 3.34. The van der Waals surface area contributed by atoms with Crippen molar-refractivity contribution in [2.75, 3.05) is 20.1 Å². The highest BCUT2D eigenvalue weighted by Crippen LogP contribution is 2.22. The van der Waals surface area contributed by atoms with Gasteiger partial charge in [0.15, 0.2) is 0 Å². The molecule has 0 aromatic rings. The summed E-state index contributed by atoms with van der Waals surface area (Å²) in [5.41, 5.74) is -0.238. The number of hydrogen-bond donors (Lipinski definition) is 1. The smallest absolute Gasteiger partial charge is 0.237 e. The van der Waals surface area contributed by atoms with Crippen molar-refractivity contribution in [3.05, 3.63) is 0 Å². The molecule has 2 amide bonds. The van der Waals surface area contributed by atoms with Gasteiger partial charge in [0.1, 0.15) is 0 Å². The second kappa shape index (κ2) is 7.25. The summed E-state index contributed by atoms with van der Waals surface area (Å²) in [6.45, 7) is 10.6. The molecular formula is C16H31N3O2. The molecule has 0 bridgehead atoms. The molecule has 21 heavy (non-hydrogen) atoms. The highest BCUT2D eigenvalue weighted by atomic mass is 16.2. The number of hydrogen-bond acceptors (Lipinski definition) is 3. The van der Waals surface area contributed by atoms with Crippen LogP contribution >= 0.6 is 0 Å². The Hall–Kier alpha value is -1.10. The van der Waals surface area contributed by atoms with Crippen LogP contribution in [0.25, 0.3) is 0 Å². The Morgan fingerprint density at radius 2 is 1.67 bits per heavy atom. The SMILES string of the molecule is C[C@H]1CCC[C@H](C)N1C(=O)CN(C)CC(=O)NC(C)(C)C. The maximum atomic E-state index is 12.4. The molecule has 0 saturated carbocycles. The Bertz CT molecular complexity index is 366. The van der Waals surface area contributed by atoms with Crippen molar-refractivity contribution in [3.8, 4) is 0 Å². The molecule has 0 radical (unpaired) electrons. The maximum absolute atomic E-state index is 12.4. The van der Waals surface area contributed by atoms with Crippen LogP contribution in [0, 0.1) is 0 Å². The maximum Gasteiger partial charge on any atom is 0.237 e. The fraction of sp³-hybridized carbons (Fsp3) is 0.875. The minimum Gasteiger partial charge on any atom is -0.350 e. The van der Waals surface area contributed by atoms with Gasteiger partial charge in [-0.3, -0.25) is 14.5 Å². The van der Waals surface area contributed by atoms with E-state index in [2.05, 4.69) is 19.2 Å². The lowest BCUT2D eigenvalue weighted by Crippen LogP contribution is -2.52. The topological polar surface area (TPSA) is 52.7 Å². The first-order valence-electron chi connectivity index (χ1n) is 7.91. The summed E-state index contributed by atoms with van der Waals surface area (Å²) in [6, 6.07) is 0.608. The number of nitrogens with one attached hydrogen (secondary N) is 1. The van der Waals surface area contributed by atoms with E-state index in [1.165, 1.54) is 6.42 Å². The van der Waals surface area contributed by atoms with Crippen LogP contribution in [0.1, 0.15) is 53.9 Å². The van der Waals surface area contributed by atoms with E-state index in [0.29, 0.717) is 18.6 Å². The van der Waals surface area contributed by atoms with E-state index in [9.17, 15) is 9.59 Å². The molecule has 1 saturated heterocycles. The Morgan fingerprint density at radius 1 is 1.14 bits per heavy atom. The van der Waals surface area contributed by atoms with E-state index in [1.54, 1.807) is 4.90 Å². The van der Waals surface area contributed by atoms with Crippen molar-refractivity contribution in [1.29, 1.82) is 0 Å². The molecule has 1 aliphatic rings. The van der Waals surface area contributed by atoms with Gasteiger partial charge in [0, 0.05) is 17.6 Å². The largest absolute Gasteiger partial charge is 0.350 e. The number of carbonyl (C=O) groups is 2. The third kappa shape index (κ3) is 6.04. The van der Waals surface area contributed by atoms with E-state index in [0.717, 1.165) is 12.8 Å². The molecule has 0 unspecified atom stereocenters. The summed E-state index contributed by atoms with van der Waals surface area (Å²) < 4.78 is 0. The molecule has 1 fully saturated rings. The number of nitrogens with zero attached hydrogens (tertiary/aromatic N) is 2. The highest BCUT2D eigenvalue weighted by molar-refractivity contribution is 5.81. The zero-order chi connectivity index (χ0) is 16.2. The van der Waals surface area contributed by atoms with Gasteiger partial charge in [-0.05, 0) is 60.9 Å². The van der Waals surface area contributed by atoms with E-state index >= 15 is 0 Å². The van der Waals surface area contributed by atoms with Crippen molar-refractivity contribution >= 4 is 11.8 Å². The third-order valence-electron chi connectivity index (χ3n) is 3.81. The van der Waals surface area contributed by atoms with Crippen molar-refractivity contribution < 1.29 is 9.59 Å². The van der Waals surface area contributed by atoms with Gasteiger partial charge in [-0.2, -0.15) is 0 Å². The molecule has 5 nitrogen and oxygen atoms in total. The Kier molecular flexibility index (Phi) is 6.20. The number of rotatable bonds is 4. The molecule has 1 aliphatic heterocycles. The molecule has 1 rings (SSSR count). The van der Waals surface area contributed by atoms with Crippen molar-refractivity contribution in [1.82, 2.24) is 15.1 Å². The first-order valence-corrected chi connectivity index (χ1v) is 7.91. The normalized spacial score (nSPS) is 23.3. The summed E-state index contributed by atoms with van der Waals surface area (Å²) in [7, 11) is 1.82. The lowest BCUT2D eigenvalue weighted by Gasteiger charge is -2.39. The van der Waals surface area contributed by atoms with Crippen LogP contribution in [0.2, 0.25) is 0 Å². The van der Waals surface area contributed by atoms with Gasteiger partial charge in [-0.25, -0.2) is 0 Å². The van der Waals surface area contributed by atoms with Crippen molar-refractivity contribution in [3.63, 3.8) is 0 Å². The Balaban J connectivity index is 2.48. The predicted octanol–water partition coefficient (Wildman–Crippen LogP) is 1.62. The summed E-state index contributed by atoms with van der Waals surface area (Å²) in [5, 5.41) is 2.91. The van der Waals surface area contributed by atoms with Gasteiger partial charge >= 0.3 is 0 Å². The quantitative estimate of drug-likeness (QED) is 0.858. The van der Waals surface area contributed by atoms with Crippen LogP contribution in [-0.2, 0) is 9.59 Å². The summed E-state index contributed by atoms with van der Waals surface area (Å²) >= 11 is 0. The molecule has 0 spiro atoms. The minimum atomic E-state index is -0.238. The van der Waals surface area contributed by atoms with E-state index in [4.69, 9.17) is 0 Å². The number of likely N-dealkylation sites (N-methyl/N-ethyl adjacent to an activating group) is 1. The lowest BCUT2D eigenvalue weighted by molar-refractivity contribution is -0.138. The number of likely N-dealkylation sites (tertiary alicyclic amines) is 1. The fourth-order valence-electron chi connectivity index (χ4n) is 2.98. The van der Waals surface area contributed by atoms with E-state index < -0.39 is 0 Å². The van der Waals surface area contributed by atoms with Gasteiger partial charge in [-0.15, -0.1) is 0 Å². The number of piperidine rings is 1. The predicted molar refractivity (Wildman–Crippen MR) is 85.0 cm³/mol. The monoisotopic (exact) mass is 297 g/mol. The molecule has 1 N–H and O–H groups in total. The fourth-order valence-corrected chi connectivity index (χ4v) is 2.98. The highest BCUT2D eigenvalue weighted by Gasteiger charge is 2.29.